The Morgan fingerprint density at radius 2 is 1.89 bits per heavy atom. The zero-order chi connectivity index (χ0) is 20.7. The van der Waals surface area contributed by atoms with Crippen molar-refractivity contribution in [1.29, 1.82) is 5.26 Å². The minimum absolute atomic E-state index is 0.0474. The first kappa shape index (κ1) is 21.0. The third-order valence-electron chi connectivity index (χ3n) is 4.58. The highest BCUT2D eigenvalue weighted by Crippen LogP contribution is 2.19. The van der Waals surface area contributed by atoms with E-state index in [-0.39, 0.29) is 17.9 Å². The molecule has 146 valence electrons. The first-order chi connectivity index (χ1) is 13.4. The van der Waals surface area contributed by atoms with Gasteiger partial charge in [-0.2, -0.15) is 5.26 Å². The Morgan fingerprint density at radius 3 is 2.46 bits per heavy atom. The predicted octanol–water partition coefficient (Wildman–Crippen LogP) is 3.35. The van der Waals surface area contributed by atoms with Crippen LogP contribution < -0.4 is 10.6 Å². The van der Waals surface area contributed by atoms with E-state index in [1.54, 1.807) is 37.4 Å². The van der Waals surface area contributed by atoms with Gasteiger partial charge in [-0.15, -0.1) is 0 Å². The van der Waals surface area contributed by atoms with Gasteiger partial charge in [0.1, 0.15) is 11.6 Å². The molecule has 0 bridgehead atoms. The van der Waals surface area contributed by atoms with Gasteiger partial charge in [-0.05, 0) is 55.7 Å². The van der Waals surface area contributed by atoms with E-state index in [0.29, 0.717) is 5.69 Å². The molecule has 0 aliphatic heterocycles. The van der Waals surface area contributed by atoms with Gasteiger partial charge in [0.05, 0.1) is 6.42 Å². The van der Waals surface area contributed by atoms with Crippen molar-refractivity contribution in [3.63, 3.8) is 0 Å². The zero-order valence-corrected chi connectivity index (χ0v) is 16.8. The fraction of sp³-hybridized carbons (Fsp3) is 0.318. The second-order valence-corrected chi connectivity index (χ2v) is 6.65. The molecule has 2 aromatic rings. The summed E-state index contributed by atoms with van der Waals surface area (Å²) in [5, 5.41) is 14.8. The first-order valence-corrected chi connectivity index (χ1v) is 9.29. The van der Waals surface area contributed by atoms with E-state index < -0.39 is 5.91 Å². The van der Waals surface area contributed by atoms with Crippen molar-refractivity contribution in [2.24, 2.45) is 0 Å². The second-order valence-electron chi connectivity index (χ2n) is 6.65. The molecule has 6 nitrogen and oxygen atoms in total. The molecule has 0 spiro atoms. The summed E-state index contributed by atoms with van der Waals surface area (Å²) in [6.07, 6.45) is 2.92. The van der Waals surface area contributed by atoms with Gasteiger partial charge in [0.2, 0.25) is 5.91 Å². The van der Waals surface area contributed by atoms with Crippen LogP contribution in [0.15, 0.2) is 35.9 Å². The lowest BCUT2D eigenvalue weighted by atomic mass is 10.1. The number of aryl methyl sites for hydroxylation is 1. The monoisotopic (exact) mass is 378 g/mol. The first-order valence-electron chi connectivity index (χ1n) is 9.29. The van der Waals surface area contributed by atoms with Crippen LogP contribution in [-0.2, 0) is 22.6 Å². The number of anilines is 1. The maximum Gasteiger partial charge on any atom is 0.266 e. The lowest BCUT2D eigenvalue weighted by molar-refractivity contribution is -0.120. The van der Waals surface area contributed by atoms with Crippen molar-refractivity contribution in [2.45, 2.75) is 40.2 Å². The second kappa shape index (κ2) is 9.56. The Labute approximate surface area is 165 Å². The minimum atomic E-state index is -0.457. The molecule has 2 amide bonds. The van der Waals surface area contributed by atoms with Crippen molar-refractivity contribution in [2.75, 3.05) is 12.4 Å². The number of hydrogen-bond donors (Lipinski definition) is 2. The van der Waals surface area contributed by atoms with E-state index in [4.69, 9.17) is 0 Å². The Balaban J connectivity index is 2.16. The molecule has 0 aliphatic carbocycles. The molecule has 2 N–H and O–H groups in total. The van der Waals surface area contributed by atoms with E-state index in [2.05, 4.69) is 22.1 Å². The fourth-order valence-electron chi connectivity index (χ4n) is 3.02. The van der Waals surface area contributed by atoms with E-state index in [9.17, 15) is 14.9 Å². The number of amides is 2. The van der Waals surface area contributed by atoms with Crippen LogP contribution in [0.5, 0.6) is 0 Å². The predicted molar refractivity (Wildman–Crippen MR) is 111 cm³/mol. The Hall–Kier alpha value is -3.33. The van der Waals surface area contributed by atoms with Crippen LogP contribution in [0, 0.1) is 25.2 Å². The Morgan fingerprint density at radius 1 is 1.21 bits per heavy atom. The van der Waals surface area contributed by atoms with Crippen molar-refractivity contribution >= 4 is 23.6 Å². The Kier molecular flexibility index (Phi) is 7.16. The highest BCUT2D eigenvalue weighted by molar-refractivity contribution is 6.09. The number of hydrogen-bond acceptors (Lipinski definition) is 3. The van der Waals surface area contributed by atoms with Gasteiger partial charge in [-0.3, -0.25) is 9.59 Å². The Bertz CT molecular complexity index is 931. The largest absolute Gasteiger partial charge is 0.359 e. The summed E-state index contributed by atoms with van der Waals surface area (Å²) in [6, 6.07) is 11.0. The number of nitriles is 1. The van der Waals surface area contributed by atoms with E-state index in [1.807, 2.05) is 26.0 Å². The summed E-state index contributed by atoms with van der Waals surface area (Å²) in [5.74, 6) is -0.533. The van der Waals surface area contributed by atoms with Gasteiger partial charge >= 0.3 is 0 Å². The maximum absolute atomic E-state index is 12.5. The van der Waals surface area contributed by atoms with E-state index >= 15 is 0 Å². The molecule has 0 saturated heterocycles. The SMILES string of the molecule is CCCn1c(C)cc(/C=C(\C#N)C(=O)Nc2ccc(CC(=O)NC)cc2)c1C. The number of carbonyl (C=O) groups is 2. The molecule has 0 saturated carbocycles. The molecular formula is C22H26N4O2. The third-order valence-corrected chi connectivity index (χ3v) is 4.58. The molecule has 0 unspecified atom stereocenters. The van der Waals surface area contributed by atoms with Crippen molar-refractivity contribution in [1.82, 2.24) is 9.88 Å². The summed E-state index contributed by atoms with van der Waals surface area (Å²) >= 11 is 0. The van der Waals surface area contributed by atoms with Gasteiger partial charge < -0.3 is 15.2 Å². The molecule has 0 radical (unpaired) electrons. The normalized spacial score (nSPS) is 11.0. The van der Waals surface area contributed by atoms with Crippen molar-refractivity contribution in [3.05, 3.63) is 58.4 Å². The lowest BCUT2D eigenvalue weighted by Crippen LogP contribution is -2.19. The summed E-state index contributed by atoms with van der Waals surface area (Å²) in [4.78, 5) is 23.9. The van der Waals surface area contributed by atoms with Gasteiger partial charge in [-0.25, -0.2) is 0 Å². The summed E-state index contributed by atoms with van der Waals surface area (Å²) in [7, 11) is 1.59. The van der Waals surface area contributed by atoms with E-state index in [0.717, 1.165) is 35.5 Å². The standard InChI is InChI=1S/C22H26N4O2/c1-5-10-26-15(2)11-18(16(26)3)13-19(14-23)22(28)25-20-8-6-17(7-9-20)12-21(27)24-4/h6-9,11,13H,5,10,12H2,1-4H3,(H,24,27)(H,25,28)/b19-13+. The molecule has 6 heteroatoms. The third kappa shape index (κ3) is 5.10. The molecule has 28 heavy (non-hydrogen) atoms. The van der Waals surface area contributed by atoms with Crippen LogP contribution in [0.2, 0.25) is 0 Å². The average Bonchev–Trinajstić information content (AvgIpc) is 2.95. The summed E-state index contributed by atoms with van der Waals surface area (Å²) < 4.78 is 2.18. The van der Waals surface area contributed by atoms with Gasteiger partial charge in [-0.1, -0.05) is 19.1 Å². The molecule has 0 aliphatic rings. The quantitative estimate of drug-likeness (QED) is 0.572. The van der Waals surface area contributed by atoms with Gasteiger partial charge in [0.15, 0.2) is 0 Å². The minimum Gasteiger partial charge on any atom is -0.359 e. The molecular weight excluding hydrogens is 352 g/mol. The van der Waals surface area contributed by atoms with Crippen LogP contribution in [0.25, 0.3) is 6.08 Å². The molecule has 1 heterocycles. The average molecular weight is 378 g/mol. The molecule has 2 rings (SSSR count). The number of aromatic nitrogens is 1. The molecule has 1 aromatic carbocycles. The molecule has 0 atom stereocenters. The number of likely N-dealkylation sites (N-methyl/N-ethyl adjacent to an activating group) is 1. The molecule has 1 aromatic heterocycles. The van der Waals surface area contributed by atoms with Crippen molar-refractivity contribution < 1.29 is 9.59 Å². The van der Waals surface area contributed by atoms with E-state index in [1.165, 1.54) is 0 Å². The van der Waals surface area contributed by atoms with Crippen LogP contribution in [0.4, 0.5) is 5.69 Å². The highest BCUT2D eigenvalue weighted by Gasteiger charge is 2.13. The van der Waals surface area contributed by atoms with Crippen LogP contribution >= 0.6 is 0 Å². The molecule has 0 fully saturated rings. The van der Waals surface area contributed by atoms with Gasteiger partial charge in [0.25, 0.3) is 5.91 Å². The lowest BCUT2D eigenvalue weighted by Gasteiger charge is -2.07. The number of carbonyl (C=O) groups excluding carboxylic acids is 2. The van der Waals surface area contributed by atoms with Crippen LogP contribution in [0.3, 0.4) is 0 Å². The number of nitrogens with one attached hydrogen (secondary N) is 2. The number of nitrogens with zero attached hydrogens (tertiary/aromatic N) is 2. The topological polar surface area (TPSA) is 86.9 Å². The smallest absolute Gasteiger partial charge is 0.266 e. The number of benzene rings is 1. The van der Waals surface area contributed by atoms with Crippen molar-refractivity contribution in [3.8, 4) is 6.07 Å². The maximum atomic E-state index is 12.5. The van der Waals surface area contributed by atoms with Gasteiger partial charge in [0, 0.05) is 30.7 Å². The number of rotatable bonds is 7. The fourth-order valence-corrected chi connectivity index (χ4v) is 3.02. The summed E-state index contributed by atoms with van der Waals surface area (Å²) in [6.45, 7) is 7.03. The van der Waals surface area contributed by atoms with Crippen LogP contribution in [-0.4, -0.2) is 23.4 Å². The highest BCUT2D eigenvalue weighted by atomic mass is 16.2. The van der Waals surface area contributed by atoms with Crippen LogP contribution in [0.1, 0.15) is 35.9 Å². The summed E-state index contributed by atoms with van der Waals surface area (Å²) in [5.41, 5.74) is 4.48. The zero-order valence-electron chi connectivity index (χ0n) is 16.8.